The van der Waals surface area contributed by atoms with Crippen molar-refractivity contribution in [2.24, 2.45) is 7.05 Å². The third kappa shape index (κ3) is 3.49. The van der Waals surface area contributed by atoms with E-state index in [1.807, 2.05) is 0 Å². The number of carbonyl (C=O) groups excluding carboxylic acids is 1. The summed E-state index contributed by atoms with van der Waals surface area (Å²) in [6.07, 6.45) is 7.75. The minimum absolute atomic E-state index is 0.0720. The van der Waals surface area contributed by atoms with Crippen molar-refractivity contribution in [3.8, 4) is 0 Å². The van der Waals surface area contributed by atoms with Crippen LogP contribution in [0.5, 0.6) is 0 Å². The van der Waals surface area contributed by atoms with Gasteiger partial charge in [0.2, 0.25) is 0 Å². The number of nitrogens with one attached hydrogen (secondary N) is 1. The van der Waals surface area contributed by atoms with E-state index >= 15 is 0 Å². The van der Waals surface area contributed by atoms with Gasteiger partial charge < -0.3 is 15.1 Å². The molecule has 0 saturated carbocycles. The maximum atomic E-state index is 12.4. The summed E-state index contributed by atoms with van der Waals surface area (Å²) >= 11 is 0. The number of aryl methyl sites for hydroxylation is 1. The van der Waals surface area contributed by atoms with Crippen LogP contribution in [0.25, 0.3) is 0 Å². The molecule has 2 fully saturated rings. The molecule has 1 amide bonds. The van der Waals surface area contributed by atoms with Crippen LogP contribution in [-0.2, 0) is 7.05 Å². The Bertz CT molecular complexity index is 768. The van der Waals surface area contributed by atoms with Gasteiger partial charge in [-0.25, -0.2) is 9.97 Å². The molecule has 8 nitrogen and oxygen atoms in total. The summed E-state index contributed by atoms with van der Waals surface area (Å²) < 4.78 is 1.60. The van der Waals surface area contributed by atoms with Crippen molar-refractivity contribution < 1.29 is 4.79 Å². The topological polar surface area (TPSA) is 79.2 Å². The maximum Gasteiger partial charge on any atom is 0.269 e. The van der Waals surface area contributed by atoms with Gasteiger partial charge >= 0.3 is 0 Å². The Morgan fingerprint density at radius 2 is 1.85 bits per heavy atom. The Morgan fingerprint density at radius 1 is 1.12 bits per heavy atom. The molecular formula is C18H25N7O. The minimum Gasteiger partial charge on any atom is -0.356 e. The summed E-state index contributed by atoms with van der Waals surface area (Å²) in [6.45, 7) is 3.86. The van der Waals surface area contributed by atoms with Crippen LogP contribution in [0.3, 0.4) is 0 Å². The molecule has 0 unspecified atom stereocenters. The summed E-state index contributed by atoms with van der Waals surface area (Å²) in [5, 5.41) is 7.20. The number of hydrogen-bond donors (Lipinski definition) is 1. The van der Waals surface area contributed by atoms with E-state index < -0.39 is 0 Å². The van der Waals surface area contributed by atoms with E-state index in [1.165, 1.54) is 12.8 Å². The number of piperidine rings is 1. The van der Waals surface area contributed by atoms with Gasteiger partial charge in [0.15, 0.2) is 0 Å². The van der Waals surface area contributed by atoms with Gasteiger partial charge in [-0.2, -0.15) is 5.10 Å². The molecule has 0 radical (unpaired) electrons. The molecule has 138 valence electrons. The summed E-state index contributed by atoms with van der Waals surface area (Å²) in [7, 11) is 1.78. The third-order valence-electron chi connectivity index (χ3n) is 5.20. The Kier molecular flexibility index (Phi) is 4.73. The number of aromatic nitrogens is 4. The monoisotopic (exact) mass is 355 g/mol. The maximum absolute atomic E-state index is 12.4. The van der Waals surface area contributed by atoms with Gasteiger partial charge in [0.1, 0.15) is 23.7 Å². The second-order valence-corrected chi connectivity index (χ2v) is 7.03. The van der Waals surface area contributed by atoms with Crippen LogP contribution in [0, 0.1) is 0 Å². The summed E-state index contributed by atoms with van der Waals surface area (Å²) in [4.78, 5) is 25.9. The summed E-state index contributed by atoms with van der Waals surface area (Å²) in [5.74, 6) is 1.88. The van der Waals surface area contributed by atoms with Crippen molar-refractivity contribution in [2.45, 2.75) is 31.7 Å². The average molecular weight is 355 g/mol. The van der Waals surface area contributed by atoms with Crippen molar-refractivity contribution in [1.82, 2.24) is 25.1 Å². The zero-order chi connectivity index (χ0) is 17.9. The van der Waals surface area contributed by atoms with E-state index in [0.29, 0.717) is 5.69 Å². The zero-order valence-electron chi connectivity index (χ0n) is 15.1. The van der Waals surface area contributed by atoms with Gasteiger partial charge in [0, 0.05) is 51.5 Å². The molecule has 8 heteroatoms. The van der Waals surface area contributed by atoms with Crippen LogP contribution in [-0.4, -0.2) is 57.9 Å². The fourth-order valence-corrected chi connectivity index (χ4v) is 3.79. The molecule has 0 spiro atoms. The van der Waals surface area contributed by atoms with Gasteiger partial charge in [-0.15, -0.1) is 0 Å². The van der Waals surface area contributed by atoms with Crippen LogP contribution in [0.4, 0.5) is 11.6 Å². The molecule has 2 saturated heterocycles. The molecule has 1 N–H and O–H groups in total. The molecular weight excluding hydrogens is 330 g/mol. The zero-order valence-corrected chi connectivity index (χ0v) is 15.1. The lowest BCUT2D eigenvalue weighted by atomic mass is 10.1. The third-order valence-corrected chi connectivity index (χ3v) is 5.20. The SMILES string of the molecule is Cn1nccc1C(=O)N[C@@H]1CCCN(c2cc(N3CCCC3)ncn2)C1. The number of amides is 1. The Morgan fingerprint density at radius 3 is 2.58 bits per heavy atom. The molecule has 2 aromatic heterocycles. The highest BCUT2D eigenvalue weighted by atomic mass is 16.2. The predicted molar refractivity (Wildman–Crippen MR) is 99.4 cm³/mol. The minimum atomic E-state index is -0.0720. The van der Waals surface area contributed by atoms with E-state index in [2.05, 4.69) is 36.2 Å². The van der Waals surface area contributed by atoms with Crippen molar-refractivity contribution in [2.75, 3.05) is 36.0 Å². The predicted octanol–water partition coefficient (Wildman–Crippen LogP) is 1.21. The lowest BCUT2D eigenvalue weighted by Crippen LogP contribution is -2.48. The van der Waals surface area contributed by atoms with E-state index in [0.717, 1.165) is 50.7 Å². The van der Waals surface area contributed by atoms with E-state index in [9.17, 15) is 4.79 Å². The molecule has 2 aliphatic rings. The van der Waals surface area contributed by atoms with Crippen molar-refractivity contribution >= 4 is 17.5 Å². The van der Waals surface area contributed by atoms with Crippen molar-refractivity contribution in [3.05, 3.63) is 30.4 Å². The molecule has 0 aromatic carbocycles. The van der Waals surface area contributed by atoms with Crippen LogP contribution in [0.1, 0.15) is 36.2 Å². The molecule has 2 aliphatic heterocycles. The highest BCUT2D eigenvalue weighted by Crippen LogP contribution is 2.23. The fraction of sp³-hybridized carbons (Fsp3) is 0.556. The van der Waals surface area contributed by atoms with Gasteiger partial charge in [-0.3, -0.25) is 9.48 Å². The smallest absolute Gasteiger partial charge is 0.269 e. The van der Waals surface area contributed by atoms with Gasteiger partial charge in [0.05, 0.1) is 0 Å². The highest BCUT2D eigenvalue weighted by molar-refractivity contribution is 5.92. The Hall–Kier alpha value is -2.64. The molecule has 2 aromatic rings. The normalized spacial score (nSPS) is 20.4. The van der Waals surface area contributed by atoms with E-state index in [4.69, 9.17) is 0 Å². The quantitative estimate of drug-likeness (QED) is 0.888. The molecule has 0 bridgehead atoms. The van der Waals surface area contributed by atoms with E-state index in [-0.39, 0.29) is 11.9 Å². The molecule has 26 heavy (non-hydrogen) atoms. The first-order valence-corrected chi connectivity index (χ1v) is 9.31. The number of hydrogen-bond acceptors (Lipinski definition) is 6. The van der Waals surface area contributed by atoms with Crippen LogP contribution < -0.4 is 15.1 Å². The van der Waals surface area contributed by atoms with Crippen LogP contribution in [0.2, 0.25) is 0 Å². The molecule has 0 aliphatic carbocycles. The van der Waals surface area contributed by atoms with Gasteiger partial charge in [0.25, 0.3) is 5.91 Å². The van der Waals surface area contributed by atoms with Crippen molar-refractivity contribution in [1.29, 1.82) is 0 Å². The average Bonchev–Trinajstić information content (AvgIpc) is 3.34. The largest absolute Gasteiger partial charge is 0.356 e. The summed E-state index contributed by atoms with van der Waals surface area (Å²) in [6, 6.07) is 3.93. The van der Waals surface area contributed by atoms with Crippen molar-refractivity contribution in [3.63, 3.8) is 0 Å². The van der Waals surface area contributed by atoms with Crippen LogP contribution in [0.15, 0.2) is 24.7 Å². The fourth-order valence-electron chi connectivity index (χ4n) is 3.79. The summed E-state index contributed by atoms with van der Waals surface area (Å²) in [5.41, 5.74) is 0.584. The number of nitrogens with zero attached hydrogens (tertiary/aromatic N) is 6. The van der Waals surface area contributed by atoms with Gasteiger partial charge in [-0.1, -0.05) is 0 Å². The first kappa shape index (κ1) is 16.8. The standard InChI is InChI=1S/C18H25N7O/c1-23-15(6-7-21-23)18(26)22-14-5-4-10-25(12-14)17-11-16(19-13-20-17)24-8-2-3-9-24/h6-7,11,13-14H,2-5,8-10,12H2,1H3,(H,22,26)/t14-/m1/s1. The van der Waals surface area contributed by atoms with E-state index in [1.54, 1.807) is 30.3 Å². The highest BCUT2D eigenvalue weighted by Gasteiger charge is 2.24. The lowest BCUT2D eigenvalue weighted by Gasteiger charge is -2.34. The first-order chi connectivity index (χ1) is 12.7. The van der Waals surface area contributed by atoms with Gasteiger partial charge in [-0.05, 0) is 31.7 Å². The second-order valence-electron chi connectivity index (χ2n) is 7.03. The first-order valence-electron chi connectivity index (χ1n) is 9.31. The molecule has 1 atom stereocenters. The molecule has 4 heterocycles. The molecule has 4 rings (SSSR count). The number of anilines is 2. The number of carbonyl (C=O) groups is 1. The van der Waals surface area contributed by atoms with Crippen LogP contribution >= 0.6 is 0 Å². The Balaban J connectivity index is 1.43. The lowest BCUT2D eigenvalue weighted by molar-refractivity contribution is 0.0923. The second kappa shape index (κ2) is 7.31. The number of rotatable bonds is 4. The Labute approximate surface area is 153 Å².